The van der Waals surface area contributed by atoms with Crippen LogP contribution in [0.2, 0.25) is 5.02 Å². The van der Waals surface area contributed by atoms with E-state index < -0.39 is 23.7 Å². The number of alkyl halides is 2. The number of benzene rings is 1. The molecule has 1 aromatic rings. The summed E-state index contributed by atoms with van der Waals surface area (Å²) < 4.78 is 31.2. The van der Waals surface area contributed by atoms with E-state index in [1.54, 1.807) is 33.8 Å². The van der Waals surface area contributed by atoms with Crippen LogP contribution in [-0.2, 0) is 4.74 Å². The third kappa shape index (κ3) is 5.67. The summed E-state index contributed by atoms with van der Waals surface area (Å²) in [5.74, 6) is 3.03. The van der Waals surface area contributed by atoms with E-state index in [1.807, 2.05) is 0 Å². The fourth-order valence-electron chi connectivity index (χ4n) is 2.53. The fourth-order valence-corrected chi connectivity index (χ4v) is 2.80. The normalized spacial score (nSPS) is 17.3. The number of nitrogens with one attached hydrogen (secondary N) is 1. The summed E-state index contributed by atoms with van der Waals surface area (Å²) in [6, 6.07) is 2.55. The number of rotatable bonds is 4. The molecule has 5 N–H and O–H groups in total. The Hall–Kier alpha value is -2.13. The van der Waals surface area contributed by atoms with Gasteiger partial charge in [-0.25, -0.2) is 24.5 Å². The zero-order chi connectivity index (χ0) is 20.6. The Bertz CT molecular complexity index is 756. The molecular weight excluding hydrogens is 380 g/mol. The lowest BCUT2D eigenvalue weighted by molar-refractivity contribution is -0.124. The molecule has 10 heteroatoms. The Balaban J connectivity index is 2.19. The highest BCUT2D eigenvalue weighted by molar-refractivity contribution is 6.34. The van der Waals surface area contributed by atoms with Crippen LogP contribution < -0.4 is 16.9 Å². The van der Waals surface area contributed by atoms with Crippen molar-refractivity contribution in [3.63, 3.8) is 0 Å². The molecule has 2 rings (SSSR count). The predicted octanol–water partition coefficient (Wildman–Crippen LogP) is 3.59. The zero-order valence-electron chi connectivity index (χ0n) is 15.6. The highest BCUT2D eigenvalue weighted by atomic mass is 35.5. The predicted molar refractivity (Wildman–Crippen MR) is 101 cm³/mol. The van der Waals surface area contributed by atoms with Crippen LogP contribution in [0.1, 0.15) is 44.7 Å². The Labute approximate surface area is 161 Å². The Morgan fingerprint density at radius 3 is 2.52 bits per heavy atom. The molecular formula is C17H24ClF2N5O2. The van der Waals surface area contributed by atoms with Crippen molar-refractivity contribution < 1.29 is 18.3 Å². The Morgan fingerprint density at radius 2 is 2.00 bits per heavy atom. The van der Waals surface area contributed by atoms with Crippen molar-refractivity contribution >= 4 is 29.2 Å². The summed E-state index contributed by atoms with van der Waals surface area (Å²) in [5.41, 5.74) is 6.74. The van der Waals surface area contributed by atoms with Gasteiger partial charge in [-0.3, -0.25) is 5.32 Å². The third-order valence-corrected chi connectivity index (χ3v) is 4.20. The maximum absolute atomic E-state index is 13.0. The van der Waals surface area contributed by atoms with E-state index in [2.05, 4.69) is 10.4 Å². The minimum atomic E-state index is -2.72. The van der Waals surface area contributed by atoms with Crippen LogP contribution in [0.3, 0.4) is 0 Å². The average molecular weight is 404 g/mol. The van der Waals surface area contributed by atoms with Gasteiger partial charge in [-0.2, -0.15) is 0 Å². The molecule has 150 valence electrons. The lowest BCUT2D eigenvalue weighted by Crippen LogP contribution is -2.52. The van der Waals surface area contributed by atoms with Crippen LogP contribution in [0.15, 0.2) is 17.2 Å². The Kier molecular flexibility index (Phi) is 5.86. The van der Waals surface area contributed by atoms with Crippen LogP contribution in [0.5, 0.6) is 0 Å². The summed E-state index contributed by atoms with van der Waals surface area (Å²) >= 11 is 6.17. The number of carbonyl (C=O) groups is 1. The summed E-state index contributed by atoms with van der Waals surface area (Å²) in [7, 11) is 0. The molecule has 0 aromatic heterocycles. The molecule has 0 aliphatic heterocycles. The molecule has 0 unspecified atom stereocenters. The number of anilines is 1. The van der Waals surface area contributed by atoms with Gasteiger partial charge in [0.05, 0.1) is 16.8 Å². The molecule has 1 aromatic carbocycles. The lowest BCUT2D eigenvalue weighted by Gasteiger charge is -2.38. The van der Waals surface area contributed by atoms with Gasteiger partial charge in [0.25, 0.3) is 5.92 Å². The molecule has 0 radical (unpaired) electrons. The molecule has 0 atom stereocenters. The van der Waals surface area contributed by atoms with Crippen molar-refractivity contribution in [2.24, 2.45) is 16.7 Å². The highest BCUT2D eigenvalue weighted by Crippen LogP contribution is 2.39. The van der Waals surface area contributed by atoms with E-state index in [0.29, 0.717) is 11.1 Å². The zero-order valence-corrected chi connectivity index (χ0v) is 16.4. The van der Waals surface area contributed by atoms with E-state index in [0.717, 1.165) is 5.12 Å². The minimum absolute atomic E-state index is 0.0223. The number of hydrogen-bond acceptors (Lipinski definition) is 5. The molecule has 1 fully saturated rings. The standard InChI is InChI=1S/C17H24ClF2N5O2/c1-9-5-12(18)13(23-15(26)27-16(2,3)4)6-11(9)14(21)24-25(22)10-7-17(19,20)8-10/h5-6,10H,7-8,22H2,1-4H3,(H2,21,24)(H,23,26). The van der Waals surface area contributed by atoms with Crippen molar-refractivity contribution in [1.82, 2.24) is 5.12 Å². The first-order chi connectivity index (χ1) is 12.3. The van der Waals surface area contributed by atoms with Crippen molar-refractivity contribution in [2.45, 2.75) is 58.1 Å². The second-order valence-electron chi connectivity index (χ2n) is 7.56. The first kappa shape index (κ1) is 21.2. The summed E-state index contributed by atoms with van der Waals surface area (Å²) in [6.07, 6.45) is -1.41. The molecule has 7 nitrogen and oxygen atoms in total. The maximum atomic E-state index is 13.0. The number of hydrogen-bond donors (Lipinski definition) is 3. The summed E-state index contributed by atoms with van der Waals surface area (Å²) in [4.78, 5) is 12.0. The first-order valence-electron chi connectivity index (χ1n) is 8.34. The summed E-state index contributed by atoms with van der Waals surface area (Å²) in [6.45, 7) is 6.96. The molecule has 27 heavy (non-hydrogen) atoms. The number of hydrazone groups is 1. The van der Waals surface area contributed by atoms with Crippen molar-refractivity contribution in [3.8, 4) is 0 Å². The van der Waals surface area contributed by atoms with Gasteiger partial charge < -0.3 is 10.5 Å². The number of nitrogens with zero attached hydrogens (tertiary/aromatic N) is 2. The minimum Gasteiger partial charge on any atom is -0.444 e. The number of aryl methyl sites for hydroxylation is 1. The smallest absolute Gasteiger partial charge is 0.412 e. The Morgan fingerprint density at radius 1 is 1.41 bits per heavy atom. The fraction of sp³-hybridized carbons (Fsp3) is 0.529. The number of halogens is 3. The number of carbonyl (C=O) groups excluding carboxylic acids is 1. The average Bonchev–Trinajstić information content (AvgIpc) is 2.45. The van der Waals surface area contributed by atoms with Crippen molar-refractivity contribution in [1.29, 1.82) is 0 Å². The van der Waals surface area contributed by atoms with E-state index in [1.165, 1.54) is 6.07 Å². The number of amidine groups is 1. The van der Waals surface area contributed by atoms with E-state index >= 15 is 0 Å². The molecule has 0 bridgehead atoms. The van der Waals surface area contributed by atoms with Gasteiger partial charge in [0, 0.05) is 18.4 Å². The second kappa shape index (κ2) is 7.47. The van der Waals surface area contributed by atoms with Crippen LogP contribution in [0.25, 0.3) is 0 Å². The molecule has 1 amide bonds. The third-order valence-electron chi connectivity index (χ3n) is 3.89. The molecule has 0 heterocycles. The molecule has 1 saturated carbocycles. The van der Waals surface area contributed by atoms with Crippen LogP contribution >= 0.6 is 11.6 Å². The van der Waals surface area contributed by atoms with Gasteiger partial charge in [-0.1, -0.05) is 11.6 Å². The maximum Gasteiger partial charge on any atom is 0.412 e. The second-order valence-corrected chi connectivity index (χ2v) is 7.96. The number of nitrogens with two attached hydrogens (primary N) is 2. The van der Waals surface area contributed by atoms with E-state index in [9.17, 15) is 13.6 Å². The quantitative estimate of drug-likeness (QED) is 0.308. The van der Waals surface area contributed by atoms with Gasteiger partial charge in [-0.05, 0) is 45.4 Å². The van der Waals surface area contributed by atoms with Crippen molar-refractivity contribution in [3.05, 3.63) is 28.3 Å². The van der Waals surface area contributed by atoms with Gasteiger partial charge in [0.15, 0.2) is 5.84 Å². The van der Waals surface area contributed by atoms with Gasteiger partial charge >= 0.3 is 6.09 Å². The highest BCUT2D eigenvalue weighted by Gasteiger charge is 2.47. The van der Waals surface area contributed by atoms with Gasteiger partial charge in [0.2, 0.25) is 0 Å². The van der Waals surface area contributed by atoms with E-state index in [-0.39, 0.29) is 29.4 Å². The number of hydrazine groups is 1. The van der Waals surface area contributed by atoms with Crippen LogP contribution in [-0.4, -0.2) is 34.6 Å². The van der Waals surface area contributed by atoms with E-state index in [4.69, 9.17) is 27.9 Å². The summed E-state index contributed by atoms with van der Waals surface area (Å²) in [5, 5.41) is 7.78. The van der Waals surface area contributed by atoms with Crippen LogP contribution in [0, 0.1) is 6.92 Å². The lowest BCUT2D eigenvalue weighted by atomic mass is 9.88. The first-order valence-corrected chi connectivity index (χ1v) is 8.71. The monoisotopic (exact) mass is 403 g/mol. The SMILES string of the molecule is Cc1cc(Cl)c(NC(=O)OC(C)(C)C)cc1/C(N)=N/N(N)C1CC(F)(F)C1. The topological polar surface area (TPSA) is 106 Å². The molecule has 0 saturated heterocycles. The molecule has 1 aliphatic carbocycles. The molecule has 1 aliphatic rings. The van der Waals surface area contributed by atoms with Crippen molar-refractivity contribution in [2.75, 3.05) is 5.32 Å². The number of ether oxygens (including phenoxy) is 1. The molecule has 0 spiro atoms. The largest absolute Gasteiger partial charge is 0.444 e. The van der Waals surface area contributed by atoms with Gasteiger partial charge in [0.1, 0.15) is 5.60 Å². The van der Waals surface area contributed by atoms with Gasteiger partial charge in [-0.15, -0.1) is 5.10 Å². The number of amides is 1. The van der Waals surface area contributed by atoms with Crippen LogP contribution in [0.4, 0.5) is 19.3 Å².